The van der Waals surface area contributed by atoms with Crippen LogP contribution in [0.25, 0.3) is 0 Å². The minimum Gasteiger partial charge on any atom is -0.480 e. The van der Waals surface area contributed by atoms with Crippen LogP contribution in [0.3, 0.4) is 0 Å². The molecule has 116 valence electrons. The van der Waals surface area contributed by atoms with Gasteiger partial charge in [-0.1, -0.05) is 13.8 Å². The van der Waals surface area contributed by atoms with Gasteiger partial charge in [-0.3, -0.25) is 9.63 Å². The molecule has 0 aromatic rings. The molecule has 2 N–H and O–H groups in total. The Morgan fingerprint density at radius 1 is 1.35 bits per heavy atom. The van der Waals surface area contributed by atoms with Crippen LogP contribution in [0.1, 0.15) is 47.5 Å². The first-order valence-electron chi connectivity index (χ1n) is 7.10. The molecule has 1 saturated heterocycles. The zero-order chi connectivity index (χ0) is 15.5. The summed E-state index contributed by atoms with van der Waals surface area (Å²) in [7, 11) is 0. The van der Waals surface area contributed by atoms with E-state index in [9.17, 15) is 9.59 Å². The second-order valence-electron chi connectivity index (χ2n) is 6.58. The van der Waals surface area contributed by atoms with Crippen molar-refractivity contribution in [2.45, 2.75) is 65.1 Å². The summed E-state index contributed by atoms with van der Waals surface area (Å²) in [6, 6.07) is -1.24. The van der Waals surface area contributed by atoms with E-state index in [1.165, 1.54) is 4.90 Å². The van der Waals surface area contributed by atoms with Crippen molar-refractivity contribution >= 4 is 11.9 Å². The standard InChI is InChI=1S/C14H26N2O4/c1-9(2)11(15-20-14(3,4)5)12(17)16-8-6-7-10(16)13(18)19/h9-11,15H,6-8H2,1-5H3,(H,18,19)/t10-,11-/m0/s1. The number of rotatable bonds is 5. The quantitative estimate of drug-likeness (QED) is 0.747. The van der Waals surface area contributed by atoms with Crippen LogP contribution in [-0.2, 0) is 14.4 Å². The Labute approximate surface area is 120 Å². The maximum absolute atomic E-state index is 12.5. The molecule has 1 heterocycles. The Morgan fingerprint density at radius 2 is 1.95 bits per heavy atom. The molecule has 20 heavy (non-hydrogen) atoms. The van der Waals surface area contributed by atoms with E-state index in [2.05, 4.69) is 5.48 Å². The number of nitrogens with zero attached hydrogens (tertiary/aromatic N) is 1. The summed E-state index contributed by atoms with van der Waals surface area (Å²) in [5.74, 6) is -1.12. The molecule has 0 aliphatic carbocycles. The number of carboxylic acids is 1. The van der Waals surface area contributed by atoms with Crippen molar-refractivity contribution in [2.24, 2.45) is 5.92 Å². The maximum atomic E-state index is 12.5. The molecule has 0 aromatic heterocycles. The van der Waals surface area contributed by atoms with Gasteiger partial charge in [0.05, 0.1) is 5.60 Å². The summed E-state index contributed by atoms with van der Waals surface area (Å²) >= 11 is 0. The summed E-state index contributed by atoms with van der Waals surface area (Å²) in [6.07, 6.45) is 1.25. The number of hydroxylamine groups is 1. The van der Waals surface area contributed by atoms with Crippen LogP contribution in [0.2, 0.25) is 0 Å². The maximum Gasteiger partial charge on any atom is 0.326 e. The summed E-state index contributed by atoms with van der Waals surface area (Å²) in [6.45, 7) is 9.98. The third-order valence-corrected chi connectivity index (χ3v) is 3.25. The molecular formula is C14H26N2O4. The third-order valence-electron chi connectivity index (χ3n) is 3.25. The molecule has 0 saturated carbocycles. The topological polar surface area (TPSA) is 78.9 Å². The van der Waals surface area contributed by atoms with Gasteiger partial charge >= 0.3 is 5.97 Å². The lowest BCUT2D eigenvalue weighted by Gasteiger charge is -2.31. The first-order valence-corrected chi connectivity index (χ1v) is 7.10. The number of hydrogen-bond donors (Lipinski definition) is 2. The summed E-state index contributed by atoms with van der Waals surface area (Å²) in [5, 5.41) is 9.17. The van der Waals surface area contributed by atoms with Gasteiger partial charge in [-0.25, -0.2) is 4.79 Å². The number of carboxylic acid groups (broad SMARTS) is 1. The Balaban J connectivity index is 2.76. The monoisotopic (exact) mass is 286 g/mol. The van der Waals surface area contributed by atoms with Crippen LogP contribution in [0, 0.1) is 5.92 Å². The molecule has 1 amide bonds. The zero-order valence-electron chi connectivity index (χ0n) is 13.0. The molecule has 1 fully saturated rings. The van der Waals surface area contributed by atoms with Crippen molar-refractivity contribution in [1.29, 1.82) is 0 Å². The fourth-order valence-corrected chi connectivity index (χ4v) is 2.18. The lowest BCUT2D eigenvalue weighted by Crippen LogP contribution is -2.53. The number of amides is 1. The average molecular weight is 286 g/mol. The largest absolute Gasteiger partial charge is 0.480 e. The smallest absolute Gasteiger partial charge is 0.326 e. The molecule has 0 spiro atoms. The predicted molar refractivity (Wildman–Crippen MR) is 75.0 cm³/mol. The molecule has 0 unspecified atom stereocenters. The van der Waals surface area contributed by atoms with E-state index in [1.54, 1.807) is 0 Å². The van der Waals surface area contributed by atoms with Gasteiger partial charge in [0.25, 0.3) is 0 Å². The fraction of sp³-hybridized carbons (Fsp3) is 0.857. The Bertz CT molecular complexity index is 363. The minimum absolute atomic E-state index is 0.0138. The third kappa shape index (κ3) is 4.45. The van der Waals surface area contributed by atoms with E-state index < -0.39 is 23.7 Å². The van der Waals surface area contributed by atoms with Gasteiger partial charge in [0.15, 0.2) is 0 Å². The molecule has 0 aromatic carbocycles. The highest BCUT2D eigenvalue weighted by Crippen LogP contribution is 2.20. The van der Waals surface area contributed by atoms with Crippen molar-refractivity contribution in [3.05, 3.63) is 0 Å². The minimum atomic E-state index is -0.935. The molecule has 6 heteroatoms. The van der Waals surface area contributed by atoms with Gasteiger partial charge in [-0.05, 0) is 39.5 Å². The van der Waals surface area contributed by atoms with E-state index in [1.807, 2.05) is 34.6 Å². The van der Waals surface area contributed by atoms with Crippen LogP contribution >= 0.6 is 0 Å². The van der Waals surface area contributed by atoms with Crippen LogP contribution in [0.15, 0.2) is 0 Å². The second-order valence-corrected chi connectivity index (χ2v) is 6.58. The summed E-state index contributed by atoms with van der Waals surface area (Å²) < 4.78 is 0. The molecule has 0 bridgehead atoms. The SMILES string of the molecule is CC(C)[C@H](NOC(C)(C)C)C(=O)N1CCC[C@H]1C(=O)O. The second kappa shape index (κ2) is 6.54. The van der Waals surface area contributed by atoms with Crippen molar-refractivity contribution in [3.63, 3.8) is 0 Å². The van der Waals surface area contributed by atoms with Crippen molar-refractivity contribution < 1.29 is 19.5 Å². The van der Waals surface area contributed by atoms with Gasteiger partial charge in [0, 0.05) is 6.54 Å². The van der Waals surface area contributed by atoms with Gasteiger partial charge in [0.1, 0.15) is 12.1 Å². The predicted octanol–water partition coefficient (Wildman–Crippen LogP) is 1.41. The summed E-state index contributed by atoms with van der Waals surface area (Å²) in [5.41, 5.74) is 2.40. The van der Waals surface area contributed by atoms with Crippen LogP contribution in [0.5, 0.6) is 0 Å². The van der Waals surface area contributed by atoms with Crippen LogP contribution in [0.4, 0.5) is 0 Å². The Morgan fingerprint density at radius 3 is 2.40 bits per heavy atom. The van der Waals surface area contributed by atoms with E-state index in [0.717, 1.165) is 6.42 Å². The van der Waals surface area contributed by atoms with Crippen molar-refractivity contribution in [1.82, 2.24) is 10.4 Å². The molecule has 1 aliphatic heterocycles. The van der Waals surface area contributed by atoms with Crippen LogP contribution in [-0.4, -0.2) is 46.1 Å². The first kappa shape index (κ1) is 16.9. The number of carbonyl (C=O) groups excluding carboxylic acids is 1. The highest BCUT2D eigenvalue weighted by atomic mass is 16.7. The number of aliphatic carboxylic acids is 1. The lowest BCUT2D eigenvalue weighted by atomic mass is 10.0. The molecule has 1 rings (SSSR count). The number of nitrogens with one attached hydrogen (secondary N) is 1. The highest BCUT2D eigenvalue weighted by molar-refractivity contribution is 5.87. The van der Waals surface area contributed by atoms with Crippen LogP contribution < -0.4 is 5.48 Å². The van der Waals surface area contributed by atoms with Gasteiger partial charge in [0.2, 0.25) is 5.91 Å². The van der Waals surface area contributed by atoms with E-state index in [4.69, 9.17) is 9.94 Å². The number of likely N-dealkylation sites (tertiary alicyclic amines) is 1. The van der Waals surface area contributed by atoms with Gasteiger partial charge < -0.3 is 10.0 Å². The van der Waals surface area contributed by atoms with Gasteiger partial charge in [-0.2, -0.15) is 5.48 Å². The molecule has 1 aliphatic rings. The summed E-state index contributed by atoms with van der Waals surface area (Å²) in [4.78, 5) is 30.7. The molecule has 6 nitrogen and oxygen atoms in total. The Kier molecular flexibility index (Phi) is 5.53. The first-order chi connectivity index (χ1) is 9.13. The van der Waals surface area contributed by atoms with Gasteiger partial charge in [-0.15, -0.1) is 0 Å². The fourth-order valence-electron chi connectivity index (χ4n) is 2.18. The normalized spacial score (nSPS) is 21.3. The number of hydrogen-bond acceptors (Lipinski definition) is 4. The number of carbonyl (C=O) groups is 2. The van der Waals surface area contributed by atoms with Crippen molar-refractivity contribution in [3.8, 4) is 0 Å². The highest BCUT2D eigenvalue weighted by Gasteiger charge is 2.38. The zero-order valence-corrected chi connectivity index (χ0v) is 13.0. The molecule has 2 atom stereocenters. The molecular weight excluding hydrogens is 260 g/mol. The van der Waals surface area contributed by atoms with Crippen molar-refractivity contribution in [2.75, 3.05) is 6.54 Å². The van der Waals surface area contributed by atoms with E-state index in [-0.39, 0.29) is 11.8 Å². The van der Waals surface area contributed by atoms with E-state index in [0.29, 0.717) is 13.0 Å². The Hall–Kier alpha value is -1.14. The molecule has 0 radical (unpaired) electrons. The lowest BCUT2D eigenvalue weighted by molar-refractivity contribution is -0.155. The van der Waals surface area contributed by atoms with E-state index >= 15 is 0 Å². The average Bonchev–Trinajstić information content (AvgIpc) is 2.75.